The summed E-state index contributed by atoms with van der Waals surface area (Å²) >= 11 is 0. The molecule has 0 radical (unpaired) electrons. The van der Waals surface area contributed by atoms with E-state index in [1.165, 1.54) is 4.90 Å². The van der Waals surface area contributed by atoms with Gasteiger partial charge in [-0.05, 0) is 44.8 Å². The number of amides is 3. The van der Waals surface area contributed by atoms with Crippen molar-refractivity contribution in [1.82, 2.24) is 15.5 Å². The van der Waals surface area contributed by atoms with Gasteiger partial charge in [0.2, 0.25) is 18.0 Å². The lowest BCUT2D eigenvalue weighted by molar-refractivity contribution is -0.147. The average Bonchev–Trinajstić information content (AvgIpc) is 3.47. The molecular formula is C31H38F3N5O3. The van der Waals surface area contributed by atoms with Crippen LogP contribution in [0, 0.1) is 11.8 Å². The Kier molecular flexibility index (Phi) is 10.4. The third kappa shape index (κ3) is 7.76. The molecule has 0 aromatic heterocycles. The molecule has 0 spiro atoms. The number of anilines is 1. The molecule has 42 heavy (non-hydrogen) atoms. The molecule has 0 bridgehead atoms. The van der Waals surface area contributed by atoms with Gasteiger partial charge in [-0.25, -0.2) is 4.99 Å². The molecule has 0 aliphatic carbocycles. The van der Waals surface area contributed by atoms with E-state index >= 15 is 0 Å². The highest BCUT2D eigenvalue weighted by Gasteiger charge is 2.39. The van der Waals surface area contributed by atoms with Crippen LogP contribution >= 0.6 is 0 Å². The van der Waals surface area contributed by atoms with Crippen molar-refractivity contribution in [3.05, 3.63) is 65.7 Å². The third-order valence-electron chi connectivity index (χ3n) is 7.84. The molecule has 2 aliphatic heterocycles. The maximum absolute atomic E-state index is 13.8. The Labute approximate surface area is 244 Å². The Hall–Kier alpha value is -3.73. The van der Waals surface area contributed by atoms with E-state index in [1.807, 2.05) is 49.4 Å². The molecule has 226 valence electrons. The highest BCUT2D eigenvalue weighted by molar-refractivity contribution is 6.20. The minimum Gasteiger partial charge on any atom is -0.343 e. The maximum Gasteiger partial charge on any atom is 0.389 e. The van der Waals surface area contributed by atoms with Crippen LogP contribution in [0.25, 0.3) is 0 Å². The van der Waals surface area contributed by atoms with Gasteiger partial charge in [-0.15, -0.1) is 0 Å². The second kappa shape index (κ2) is 14.0. The zero-order chi connectivity index (χ0) is 30.3. The van der Waals surface area contributed by atoms with Crippen molar-refractivity contribution in [3.8, 4) is 0 Å². The number of para-hydroxylation sites is 1. The van der Waals surface area contributed by atoms with Crippen molar-refractivity contribution in [2.45, 2.75) is 57.8 Å². The number of aliphatic imine (C=N–C) groups is 1. The predicted octanol–water partition coefficient (Wildman–Crippen LogP) is 4.49. The number of benzene rings is 2. The summed E-state index contributed by atoms with van der Waals surface area (Å²) < 4.78 is 40.1. The molecule has 2 aromatic carbocycles. The molecule has 3 atom stereocenters. The third-order valence-corrected chi connectivity index (χ3v) is 7.84. The number of likely N-dealkylation sites (tertiary alicyclic amines) is 1. The topological polar surface area (TPSA) is 94.1 Å². The molecule has 3 amide bonds. The molecule has 1 fully saturated rings. The zero-order valence-electron chi connectivity index (χ0n) is 24.0. The highest BCUT2D eigenvalue weighted by Crippen LogP contribution is 2.31. The number of likely N-dealkylation sites (N-methyl/N-ethyl adjacent to an activating group) is 1. The number of nitrogens with zero attached hydrogens (tertiary/aromatic N) is 3. The summed E-state index contributed by atoms with van der Waals surface area (Å²) in [6, 6.07) is 16.4. The van der Waals surface area contributed by atoms with Crippen LogP contribution in [0.3, 0.4) is 0 Å². The number of alkyl halides is 3. The van der Waals surface area contributed by atoms with E-state index in [-0.39, 0.29) is 13.1 Å². The normalized spacial score (nSPS) is 19.0. The van der Waals surface area contributed by atoms with Crippen molar-refractivity contribution in [2.75, 3.05) is 31.7 Å². The molecule has 0 unspecified atom stereocenters. The summed E-state index contributed by atoms with van der Waals surface area (Å²) in [5, 5.41) is 5.46. The minimum absolute atomic E-state index is 0.226. The van der Waals surface area contributed by atoms with Gasteiger partial charge in [0, 0.05) is 36.4 Å². The van der Waals surface area contributed by atoms with Gasteiger partial charge in [-0.2, -0.15) is 13.2 Å². The van der Waals surface area contributed by atoms with Crippen LogP contribution in [0.15, 0.2) is 59.6 Å². The summed E-state index contributed by atoms with van der Waals surface area (Å²) in [7, 11) is 1.57. The lowest BCUT2D eigenvalue weighted by atomic mass is 9.83. The fourth-order valence-corrected chi connectivity index (χ4v) is 5.61. The van der Waals surface area contributed by atoms with Crippen molar-refractivity contribution < 1.29 is 27.6 Å². The van der Waals surface area contributed by atoms with Crippen LogP contribution in [0.1, 0.15) is 56.6 Å². The number of halogens is 3. The second-order valence-corrected chi connectivity index (χ2v) is 10.8. The van der Waals surface area contributed by atoms with Gasteiger partial charge < -0.3 is 15.5 Å². The molecule has 4 rings (SSSR count). The van der Waals surface area contributed by atoms with E-state index in [0.717, 1.165) is 25.9 Å². The first-order valence-electron chi connectivity index (χ1n) is 14.5. The summed E-state index contributed by atoms with van der Waals surface area (Å²) in [6.45, 7) is 3.76. The minimum atomic E-state index is -4.51. The number of nitrogens with one attached hydrogen (secondary N) is 2. The molecular weight excluding hydrogens is 547 g/mol. The molecule has 2 aliphatic rings. The van der Waals surface area contributed by atoms with E-state index in [4.69, 9.17) is 0 Å². The smallest absolute Gasteiger partial charge is 0.343 e. The summed E-state index contributed by atoms with van der Waals surface area (Å²) in [4.78, 5) is 48.8. The number of hydrogen-bond acceptors (Lipinski definition) is 5. The number of rotatable bonds is 11. The standard InChI is InChI=1S/C31H38F3N5O3/c1-3-11-22(28(40)35-20-39-18-9-10-19-39)23(16-17-31(32,33)34)29(41)37-27-30(42)38(2)25-15-8-7-14-24(25)26(36-27)21-12-5-4-6-13-21/h4-8,12-15,22-23,27H,3,9-11,16-20H2,1-2H3,(H,35,40)(H,37,41)/t22-,23+,27+/m0/s1. The summed E-state index contributed by atoms with van der Waals surface area (Å²) in [5.74, 6) is -4.10. The fraction of sp³-hybridized carbons (Fsp3) is 0.484. The largest absolute Gasteiger partial charge is 0.389 e. The van der Waals surface area contributed by atoms with Crippen LogP contribution in [-0.2, 0) is 14.4 Å². The number of hydrogen-bond donors (Lipinski definition) is 2. The fourth-order valence-electron chi connectivity index (χ4n) is 5.61. The maximum atomic E-state index is 13.8. The number of benzodiazepines with no additional fused rings is 1. The molecule has 8 nitrogen and oxygen atoms in total. The van der Waals surface area contributed by atoms with Crippen molar-refractivity contribution in [3.63, 3.8) is 0 Å². The van der Waals surface area contributed by atoms with Crippen molar-refractivity contribution >= 4 is 29.1 Å². The molecule has 0 saturated carbocycles. The lowest BCUT2D eigenvalue weighted by Crippen LogP contribution is -2.51. The van der Waals surface area contributed by atoms with Gasteiger partial charge in [-0.3, -0.25) is 19.3 Å². The Morgan fingerprint density at radius 1 is 0.976 bits per heavy atom. The number of fused-ring (bicyclic) bond motifs is 1. The predicted molar refractivity (Wildman–Crippen MR) is 155 cm³/mol. The Morgan fingerprint density at radius 3 is 2.29 bits per heavy atom. The first kappa shape index (κ1) is 31.2. The van der Waals surface area contributed by atoms with E-state index in [1.54, 1.807) is 19.2 Å². The number of carbonyl (C=O) groups excluding carboxylic acids is 3. The Bertz CT molecular complexity index is 1280. The second-order valence-electron chi connectivity index (χ2n) is 10.8. The quantitative estimate of drug-likeness (QED) is 0.407. The Morgan fingerprint density at radius 2 is 1.62 bits per heavy atom. The van der Waals surface area contributed by atoms with Gasteiger partial charge in [0.15, 0.2) is 0 Å². The molecule has 2 heterocycles. The van der Waals surface area contributed by atoms with E-state index < -0.39 is 54.7 Å². The first-order chi connectivity index (χ1) is 20.1. The van der Waals surface area contributed by atoms with E-state index in [0.29, 0.717) is 28.9 Å². The summed E-state index contributed by atoms with van der Waals surface area (Å²) in [5.41, 5.74) is 2.44. The monoisotopic (exact) mass is 585 g/mol. The van der Waals surface area contributed by atoms with Crippen molar-refractivity contribution in [2.24, 2.45) is 16.8 Å². The van der Waals surface area contributed by atoms with Gasteiger partial charge >= 0.3 is 6.18 Å². The highest BCUT2D eigenvalue weighted by atomic mass is 19.4. The van der Waals surface area contributed by atoms with Crippen molar-refractivity contribution in [1.29, 1.82) is 0 Å². The average molecular weight is 586 g/mol. The molecule has 11 heteroatoms. The lowest BCUT2D eigenvalue weighted by Gasteiger charge is -2.28. The Balaban J connectivity index is 1.64. The van der Waals surface area contributed by atoms with Crippen LogP contribution in [0.5, 0.6) is 0 Å². The summed E-state index contributed by atoms with van der Waals surface area (Å²) in [6.07, 6.45) is -4.96. The zero-order valence-corrected chi connectivity index (χ0v) is 24.0. The van der Waals surface area contributed by atoms with Crippen LogP contribution in [0.2, 0.25) is 0 Å². The van der Waals surface area contributed by atoms with Gasteiger partial charge in [0.05, 0.1) is 18.1 Å². The van der Waals surface area contributed by atoms with Gasteiger partial charge in [-0.1, -0.05) is 61.9 Å². The van der Waals surface area contributed by atoms with Gasteiger partial charge in [0.25, 0.3) is 5.91 Å². The molecule has 2 N–H and O–H groups in total. The van der Waals surface area contributed by atoms with Crippen LogP contribution in [-0.4, -0.2) is 67.5 Å². The van der Waals surface area contributed by atoms with E-state index in [2.05, 4.69) is 20.5 Å². The SMILES string of the molecule is CCC[C@H](C(=O)NCN1CCCC1)[C@@H](CCC(F)(F)F)C(=O)N[C@H]1N=C(c2ccccc2)c2ccccc2N(C)C1=O. The first-order valence-corrected chi connectivity index (χ1v) is 14.5. The molecule has 2 aromatic rings. The van der Waals surface area contributed by atoms with Gasteiger partial charge in [0.1, 0.15) is 0 Å². The number of carbonyl (C=O) groups is 3. The van der Waals surface area contributed by atoms with E-state index in [9.17, 15) is 27.6 Å². The van der Waals surface area contributed by atoms with Crippen LogP contribution in [0.4, 0.5) is 18.9 Å². The molecule has 1 saturated heterocycles. The van der Waals surface area contributed by atoms with Crippen LogP contribution < -0.4 is 15.5 Å².